The Balaban J connectivity index is 1.72. The first-order chi connectivity index (χ1) is 11.0. The van der Waals surface area contributed by atoms with Crippen LogP contribution in [-0.2, 0) is 9.59 Å². The molecule has 1 fully saturated rings. The molecule has 23 heavy (non-hydrogen) atoms. The number of carbonyl (C=O) groups excluding carboxylic acids is 2. The molecule has 2 rings (SSSR count). The fraction of sp³-hybridized carbons (Fsp3) is 0.438. The second kappa shape index (κ2) is 8.10. The third-order valence-electron chi connectivity index (χ3n) is 3.93. The Morgan fingerprint density at radius 3 is 2.35 bits per heavy atom. The second-order valence-corrected chi connectivity index (χ2v) is 6.42. The van der Waals surface area contributed by atoms with Crippen LogP contribution in [0.1, 0.15) is 29.6 Å². The van der Waals surface area contributed by atoms with E-state index < -0.39 is 5.97 Å². The van der Waals surface area contributed by atoms with E-state index in [1.807, 2.05) is 0 Å². The first-order valence-electron chi connectivity index (χ1n) is 7.51. The molecule has 6 nitrogen and oxygen atoms in total. The van der Waals surface area contributed by atoms with Crippen LogP contribution in [0.5, 0.6) is 0 Å². The summed E-state index contributed by atoms with van der Waals surface area (Å²) in [7, 11) is 0. The number of hydrogen-bond donors (Lipinski definition) is 2. The average Bonchev–Trinajstić information content (AvgIpc) is 2.55. The van der Waals surface area contributed by atoms with Crippen molar-refractivity contribution in [1.29, 1.82) is 0 Å². The van der Waals surface area contributed by atoms with E-state index in [2.05, 4.69) is 21.2 Å². The Kier molecular flexibility index (Phi) is 6.15. The summed E-state index contributed by atoms with van der Waals surface area (Å²) in [6.07, 6.45) is 1.21. The van der Waals surface area contributed by atoms with Gasteiger partial charge in [-0.1, -0.05) is 15.9 Å². The van der Waals surface area contributed by atoms with Gasteiger partial charge in [0, 0.05) is 36.1 Å². The van der Waals surface area contributed by atoms with Gasteiger partial charge in [-0.2, -0.15) is 0 Å². The van der Waals surface area contributed by atoms with Crippen LogP contribution >= 0.6 is 15.9 Å². The zero-order chi connectivity index (χ0) is 16.8. The van der Waals surface area contributed by atoms with Crippen LogP contribution < -0.4 is 5.32 Å². The van der Waals surface area contributed by atoms with Crippen molar-refractivity contribution < 1.29 is 19.5 Å². The molecule has 0 saturated carbocycles. The Labute approximate surface area is 143 Å². The molecule has 124 valence electrons. The van der Waals surface area contributed by atoms with Gasteiger partial charge in [-0.15, -0.1) is 0 Å². The van der Waals surface area contributed by atoms with Gasteiger partial charge in [-0.05, 0) is 37.1 Å². The van der Waals surface area contributed by atoms with Gasteiger partial charge in [0.1, 0.15) is 0 Å². The van der Waals surface area contributed by atoms with Crippen LogP contribution in [-0.4, -0.2) is 47.4 Å². The number of benzene rings is 1. The lowest BCUT2D eigenvalue weighted by atomic mass is 9.97. The number of hydrogen-bond acceptors (Lipinski definition) is 3. The van der Waals surface area contributed by atoms with Gasteiger partial charge >= 0.3 is 5.97 Å². The van der Waals surface area contributed by atoms with Gasteiger partial charge in [-0.25, -0.2) is 0 Å². The third kappa shape index (κ3) is 5.06. The molecule has 0 unspecified atom stereocenters. The number of piperidine rings is 1. The third-order valence-corrected chi connectivity index (χ3v) is 4.46. The van der Waals surface area contributed by atoms with Crippen molar-refractivity contribution in [2.45, 2.75) is 19.3 Å². The van der Waals surface area contributed by atoms with Crippen molar-refractivity contribution in [2.24, 2.45) is 5.92 Å². The topological polar surface area (TPSA) is 86.7 Å². The number of nitrogens with zero attached hydrogens (tertiary/aromatic N) is 1. The number of rotatable bonds is 5. The number of carbonyl (C=O) groups is 3. The molecule has 0 aliphatic carbocycles. The molecule has 2 N–H and O–H groups in total. The molecule has 1 aromatic rings. The molecule has 1 aliphatic rings. The molecule has 2 amide bonds. The fourth-order valence-electron chi connectivity index (χ4n) is 2.52. The van der Waals surface area contributed by atoms with Gasteiger partial charge in [0.25, 0.3) is 5.91 Å². The maximum absolute atomic E-state index is 12.1. The first-order valence-corrected chi connectivity index (χ1v) is 8.31. The number of nitrogens with one attached hydrogen (secondary N) is 1. The number of carboxylic acid groups (broad SMARTS) is 1. The quantitative estimate of drug-likeness (QED) is 0.813. The summed E-state index contributed by atoms with van der Waals surface area (Å²) in [4.78, 5) is 36.5. The van der Waals surface area contributed by atoms with Crippen LogP contribution in [0.4, 0.5) is 0 Å². The van der Waals surface area contributed by atoms with E-state index >= 15 is 0 Å². The van der Waals surface area contributed by atoms with Crippen LogP contribution in [0.15, 0.2) is 28.7 Å². The zero-order valence-electron chi connectivity index (χ0n) is 12.6. The molecule has 0 atom stereocenters. The predicted molar refractivity (Wildman–Crippen MR) is 88.0 cm³/mol. The first kappa shape index (κ1) is 17.5. The molecule has 1 heterocycles. The minimum absolute atomic E-state index is 0.0510. The van der Waals surface area contributed by atoms with Crippen molar-refractivity contribution >= 4 is 33.7 Å². The van der Waals surface area contributed by atoms with Gasteiger partial charge in [0.05, 0.1) is 5.92 Å². The smallest absolute Gasteiger partial charge is 0.306 e. The molecule has 0 radical (unpaired) electrons. The second-order valence-electron chi connectivity index (χ2n) is 5.51. The highest BCUT2D eigenvalue weighted by Crippen LogP contribution is 2.17. The molecular formula is C16H19BrN2O4. The Morgan fingerprint density at radius 1 is 1.17 bits per heavy atom. The predicted octanol–water partition coefficient (Wildman–Crippen LogP) is 1.89. The molecule has 1 saturated heterocycles. The van der Waals surface area contributed by atoms with Crippen molar-refractivity contribution in [3.05, 3.63) is 34.3 Å². The summed E-state index contributed by atoms with van der Waals surface area (Å²) in [5.41, 5.74) is 0.544. The summed E-state index contributed by atoms with van der Waals surface area (Å²) >= 11 is 3.30. The molecule has 7 heteroatoms. The minimum Gasteiger partial charge on any atom is -0.481 e. The van der Waals surface area contributed by atoms with Crippen LogP contribution in [0.25, 0.3) is 0 Å². The van der Waals surface area contributed by atoms with Crippen LogP contribution in [0.2, 0.25) is 0 Å². The van der Waals surface area contributed by atoms with E-state index in [-0.39, 0.29) is 30.7 Å². The Hall–Kier alpha value is -1.89. The maximum Gasteiger partial charge on any atom is 0.306 e. The Bertz CT molecular complexity index is 580. The molecule has 0 aromatic heterocycles. The lowest BCUT2D eigenvalue weighted by Gasteiger charge is -2.30. The van der Waals surface area contributed by atoms with E-state index in [0.717, 1.165) is 4.47 Å². The van der Waals surface area contributed by atoms with Crippen molar-refractivity contribution in [1.82, 2.24) is 10.2 Å². The van der Waals surface area contributed by atoms with E-state index in [1.165, 1.54) is 0 Å². The summed E-state index contributed by atoms with van der Waals surface area (Å²) in [5.74, 6) is -1.41. The SMILES string of the molecule is O=C(NCCC(=O)N1CCC(C(=O)O)CC1)c1ccc(Br)cc1. The van der Waals surface area contributed by atoms with E-state index in [0.29, 0.717) is 31.5 Å². The van der Waals surface area contributed by atoms with Crippen LogP contribution in [0.3, 0.4) is 0 Å². The standard InChI is InChI=1S/C16H19BrN2O4/c17-13-3-1-11(2-4-13)15(21)18-8-5-14(20)19-9-6-12(7-10-19)16(22)23/h1-4,12H,5-10H2,(H,18,21)(H,22,23). The minimum atomic E-state index is -0.793. The highest BCUT2D eigenvalue weighted by Gasteiger charge is 2.26. The summed E-state index contributed by atoms with van der Waals surface area (Å²) < 4.78 is 0.897. The lowest BCUT2D eigenvalue weighted by molar-refractivity contribution is -0.145. The fourth-order valence-corrected chi connectivity index (χ4v) is 2.78. The molecule has 0 spiro atoms. The Morgan fingerprint density at radius 2 is 1.78 bits per heavy atom. The van der Waals surface area contributed by atoms with Gasteiger partial charge < -0.3 is 15.3 Å². The summed E-state index contributed by atoms with van der Waals surface area (Å²) in [5, 5.41) is 11.7. The van der Waals surface area contributed by atoms with Crippen molar-refractivity contribution in [2.75, 3.05) is 19.6 Å². The molecule has 1 aliphatic heterocycles. The zero-order valence-corrected chi connectivity index (χ0v) is 14.2. The number of carboxylic acids is 1. The largest absolute Gasteiger partial charge is 0.481 e. The van der Waals surface area contributed by atoms with E-state index in [9.17, 15) is 14.4 Å². The highest BCUT2D eigenvalue weighted by molar-refractivity contribution is 9.10. The number of amides is 2. The van der Waals surface area contributed by atoms with Crippen molar-refractivity contribution in [3.8, 4) is 0 Å². The van der Waals surface area contributed by atoms with Crippen LogP contribution in [0, 0.1) is 5.92 Å². The number of halogens is 1. The molecule has 1 aromatic carbocycles. The van der Waals surface area contributed by atoms with E-state index in [1.54, 1.807) is 29.2 Å². The monoisotopic (exact) mass is 382 g/mol. The van der Waals surface area contributed by atoms with Gasteiger partial charge in [0.2, 0.25) is 5.91 Å². The van der Waals surface area contributed by atoms with Crippen molar-refractivity contribution in [3.63, 3.8) is 0 Å². The highest BCUT2D eigenvalue weighted by atomic mass is 79.9. The lowest BCUT2D eigenvalue weighted by Crippen LogP contribution is -2.41. The number of likely N-dealkylation sites (tertiary alicyclic amines) is 1. The maximum atomic E-state index is 12.1. The average molecular weight is 383 g/mol. The summed E-state index contributed by atoms with van der Waals surface area (Å²) in [6, 6.07) is 6.98. The normalized spacial score (nSPS) is 15.3. The summed E-state index contributed by atoms with van der Waals surface area (Å²) in [6.45, 7) is 1.21. The molecular weight excluding hydrogens is 364 g/mol. The number of aliphatic carboxylic acids is 1. The van der Waals surface area contributed by atoms with Gasteiger partial charge in [-0.3, -0.25) is 14.4 Å². The van der Waals surface area contributed by atoms with Gasteiger partial charge in [0.15, 0.2) is 0 Å². The van der Waals surface area contributed by atoms with E-state index in [4.69, 9.17) is 5.11 Å². The molecule has 0 bridgehead atoms.